The highest BCUT2D eigenvalue weighted by Gasteiger charge is 2.21. The van der Waals surface area contributed by atoms with Gasteiger partial charge in [0.15, 0.2) is 0 Å². The maximum atomic E-state index is 12.8. The highest BCUT2D eigenvalue weighted by molar-refractivity contribution is 7.92. The Kier molecular flexibility index (Phi) is 3.99. The fraction of sp³-hybridized carbons (Fsp3) is 0.154. The van der Waals surface area contributed by atoms with E-state index in [4.69, 9.17) is 5.11 Å². The van der Waals surface area contributed by atoms with E-state index in [1.165, 1.54) is 22.9 Å². The van der Waals surface area contributed by atoms with E-state index >= 15 is 0 Å². The van der Waals surface area contributed by atoms with Gasteiger partial charge in [-0.15, -0.1) is 0 Å². The number of carbonyl (C=O) groups is 1. The van der Waals surface area contributed by atoms with Crippen LogP contribution < -0.4 is 4.72 Å². The van der Waals surface area contributed by atoms with Crippen LogP contribution in [0.5, 0.6) is 0 Å². The van der Waals surface area contributed by atoms with Crippen LogP contribution in [-0.4, -0.2) is 24.1 Å². The number of aromatic nitrogens is 1. The summed E-state index contributed by atoms with van der Waals surface area (Å²) >= 11 is 0. The molecule has 0 radical (unpaired) electrons. The number of nitrogens with zero attached hydrogens (tertiary/aromatic N) is 1. The summed E-state index contributed by atoms with van der Waals surface area (Å²) < 4.78 is 40.7. The second-order valence-corrected chi connectivity index (χ2v) is 5.95. The van der Waals surface area contributed by atoms with Crippen molar-refractivity contribution in [1.82, 2.24) is 4.57 Å². The average Bonchev–Trinajstić information content (AvgIpc) is 2.86. The van der Waals surface area contributed by atoms with Gasteiger partial charge in [-0.2, -0.15) is 0 Å². The van der Waals surface area contributed by atoms with Gasteiger partial charge < -0.3 is 9.67 Å². The van der Waals surface area contributed by atoms with Crippen LogP contribution in [0, 0.1) is 5.82 Å². The van der Waals surface area contributed by atoms with Crippen LogP contribution >= 0.6 is 0 Å². The van der Waals surface area contributed by atoms with Crippen molar-refractivity contribution >= 4 is 21.7 Å². The van der Waals surface area contributed by atoms with Crippen molar-refractivity contribution < 1.29 is 22.7 Å². The summed E-state index contributed by atoms with van der Waals surface area (Å²) in [6.07, 6.45) is 1.25. The molecule has 2 N–H and O–H groups in total. The molecule has 0 saturated heterocycles. The van der Waals surface area contributed by atoms with Crippen molar-refractivity contribution in [3.8, 4) is 0 Å². The molecule has 2 rings (SSSR count). The fourth-order valence-corrected chi connectivity index (χ4v) is 2.90. The number of hydrogen-bond donors (Lipinski definition) is 2. The quantitative estimate of drug-likeness (QED) is 0.885. The smallest absolute Gasteiger partial charge is 0.352 e. The molecule has 1 heterocycles. The molecule has 1 aromatic carbocycles. The number of halogens is 1. The molecule has 0 unspecified atom stereocenters. The number of anilines is 1. The molecule has 0 amide bonds. The van der Waals surface area contributed by atoms with Crippen LogP contribution in [0.25, 0.3) is 0 Å². The molecule has 0 fully saturated rings. The first-order valence-corrected chi connectivity index (χ1v) is 7.53. The molecule has 0 saturated carbocycles. The lowest BCUT2D eigenvalue weighted by Crippen LogP contribution is -2.12. The Balaban J connectivity index is 2.35. The molecule has 112 valence electrons. The van der Waals surface area contributed by atoms with E-state index in [0.717, 1.165) is 18.2 Å². The molecule has 8 heteroatoms. The first-order valence-electron chi connectivity index (χ1n) is 6.05. The third-order valence-electron chi connectivity index (χ3n) is 2.84. The van der Waals surface area contributed by atoms with Gasteiger partial charge in [-0.3, -0.25) is 4.72 Å². The number of carboxylic acid groups (broad SMARTS) is 1. The van der Waals surface area contributed by atoms with Crippen LogP contribution in [-0.2, 0) is 16.6 Å². The number of rotatable bonds is 5. The number of nitrogens with one attached hydrogen (secondary N) is 1. The molecular formula is C13H13FN2O4S. The number of hydrogen-bond acceptors (Lipinski definition) is 3. The fourth-order valence-electron chi connectivity index (χ4n) is 1.80. The van der Waals surface area contributed by atoms with Gasteiger partial charge in [0.05, 0.1) is 0 Å². The summed E-state index contributed by atoms with van der Waals surface area (Å²) in [5, 5.41) is 9.02. The lowest BCUT2D eigenvalue weighted by molar-refractivity contribution is 0.0685. The molecule has 0 aliphatic carbocycles. The SMILES string of the molecule is CCn1cc(S(=O)(=O)Nc2ccc(F)cc2)cc1C(=O)O. The van der Waals surface area contributed by atoms with Gasteiger partial charge in [0, 0.05) is 18.4 Å². The predicted octanol–water partition coefficient (Wildman–Crippen LogP) is 2.15. The van der Waals surface area contributed by atoms with Gasteiger partial charge in [0.2, 0.25) is 0 Å². The summed E-state index contributed by atoms with van der Waals surface area (Å²) in [6.45, 7) is 2.03. The number of benzene rings is 1. The van der Waals surface area contributed by atoms with Crippen LogP contribution in [0.1, 0.15) is 17.4 Å². The Hall–Kier alpha value is -2.35. The van der Waals surface area contributed by atoms with Crippen molar-refractivity contribution in [2.24, 2.45) is 0 Å². The minimum Gasteiger partial charge on any atom is -0.477 e. The van der Waals surface area contributed by atoms with Crippen LogP contribution in [0.15, 0.2) is 41.4 Å². The molecule has 0 spiro atoms. The van der Waals surface area contributed by atoms with Crippen LogP contribution in [0.2, 0.25) is 0 Å². The second-order valence-electron chi connectivity index (χ2n) is 4.26. The Morgan fingerprint density at radius 1 is 1.33 bits per heavy atom. The Morgan fingerprint density at radius 2 is 1.95 bits per heavy atom. The summed E-state index contributed by atoms with van der Waals surface area (Å²) in [4.78, 5) is 10.9. The van der Waals surface area contributed by atoms with Gasteiger partial charge in [0.25, 0.3) is 10.0 Å². The zero-order valence-corrected chi connectivity index (χ0v) is 11.9. The zero-order chi connectivity index (χ0) is 15.6. The first kappa shape index (κ1) is 15.0. The largest absolute Gasteiger partial charge is 0.477 e. The first-order chi connectivity index (χ1) is 9.83. The maximum absolute atomic E-state index is 12.8. The van der Waals surface area contributed by atoms with E-state index in [0.29, 0.717) is 6.54 Å². The zero-order valence-electron chi connectivity index (χ0n) is 11.1. The Bertz CT molecular complexity index is 766. The summed E-state index contributed by atoms with van der Waals surface area (Å²) in [5.74, 6) is -1.69. The Morgan fingerprint density at radius 3 is 2.43 bits per heavy atom. The third-order valence-corrected chi connectivity index (χ3v) is 4.19. The lowest BCUT2D eigenvalue weighted by Gasteiger charge is -2.06. The molecule has 1 aromatic heterocycles. The standard InChI is InChI=1S/C13H13FN2O4S/c1-2-16-8-11(7-12(16)13(17)18)21(19,20)15-10-5-3-9(14)4-6-10/h3-8,15H,2H2,1H3,(H,17,18). The molecule has 2 aromatic rings. The number of aryl methyl sites for hydroxylation is 1. The van der Waals surface area contributed by atoms with Gasteiger partial charge in [-0.25, -0.2) is 17.6 Å². The highest BCUT2D eigenvalue weighted by atomic mass is 32.2. The second kappa shape index (κ2) is 5.57. The van der Waals surface area contributed by atoms with E-state index < -0.39 is 21.8 Å². The van der Waals surface area contributed by atoms with E-state index in [-0.39, 0.29) is 16.3 Å². The van der Waals surface area contributed by atoms with E-state index in [1.54, 1.807) is 6.92 Å². The van der Waals surface area contributed by atoms with Crippen LogP contribution in [0.3, 0.4) is 0 Å². The van der Waals surface area contributed by atoms with Gasteiger partial charge in [-0.1, -0.05) is 0 Å². The van der Waals surface area contributed by atoms with Gasteiger partial charge in [-0.05, 0) is 37.3 Å². The average molecular weight is 312 g/mol. The molecule has 0 atom stereocenters. The topological polar surface area (TPSA) is 88.4 Å². The molecule has 6 nitrogen and oxygen atoms in total. The minimum absolute atomic E-state index is 0.114. The van der Waals surface area contributed by atoms with Crippen molar-refractivity contribution in [2.45, 2.75) is 18.4 Å². The third kappa shape index (κ3) is 3.22. The molecule has 0 bridgehead atoms. The number of carboxylic acids is 1. The van der Waals surface area contributed by atoms with Crippen molar-refractivity contribution in [3.63, 3.8) is 0 Å². The van der Waals surface area contributed by atoms with Crippen molar-refractivity contribution in [1.29, 1.82) is 0 Å². The summed E-state index contributed by atoms with van der Waals surface area (Å²) in [7, 11) is -3.93. The van der Waals surface area contributed by atoms with Crippen molar-refractivity contribution in [2.75, 3.05) is 4.72 Å². The van der Waals surface area contributed by atoms with Crippen LogP contribution in [0.4, 0.5) is 10.1 Å². The van der Waals surface area contributed by atoms with E-state index in [2.05, 4.69) is 4.72 Å². The summed E-state index contributed by atoms with van der Waals surface area (Å²) in [6, 6.07) is 5.89. The molecule has 0 aliphatic rings. The molecule has 0 aliphatic heterocycles. The van der Waals surface area contributed by atoms with E-state index in [9.17, 15) is 17.6 Å². The minimum atomic E-state index is -3.93. The van der Waals surface area contributed by atoms with E-state index in [1.807, 2.05) is 0 Å². The lowest BCUT2D eigenvalue weighted by atomic mass is 10.3. The monoisotopic (exact) mass is 312 g/mol. The predicted molar refractivity (Wildman–Crippen MR) is 74.3 cm³/mol. The molecular weight excluding hydrogens is 299 g/mol. The van der Waals surface area contributed by atoms with Crippen molar-refractivity contribution in [3.05, 3.63) is 48.0 Å². The van der Waals surface area contributed by atoms with Gasteiger partial charge in [0.1, 0.15) is 16.4 Å². The normalized spacial score (nSPS) is 11.3. The number of aromatic carboxylic acids is 1. The Labute approximate surface area is 120 Å². The highest BCUT2D eigenvalue weighted by Crippen LogP contribution is 2.19. The van der Waals surface area contributed by atoms with Gasteiger partial charge >= 0.3 is 5.97 Å². The maximum Gasteiger partial charge on any atom is 0.352 e. The number of sulfonamides is 1. The molecule has 21 heavy (non-hydrogen) atoms. The summed E-state index contributed by atoms with van der Waals surface area (Å²) in [5.41, 5.74) is 0.0782.